The van der Waals surface area contributed by atoms with E-state index in [4.69, 9.17) is 0 Å². The van der Waals surface area contributed by atoms with Crippen LogP contribution in [0.3, 0.4) is 0 Å². The molecule has 92 valence electrons. The van der Waals surface area contributed by atoms with Crippen molar-refractivity contribution in [2.24, 2.45) is 0 Å². The van der Waals surface area contributed by atoms with E-state index >= 15 is 0 Å². The zero-order valence-electron chi connectivity index (χ0n) is 9.99. The van der Waals surface area contributed by atoms with Gasteiger partial charge in [0.1, 0.15) is 0 Å². The summed E-state index contributed by atoms with van der Waals surface area (Å²) in [4.78, 5) is 24.7. The number of hydrogen-bond acceptors (Lipinski definition) is 4. The van der Waals surface area contributed by atoms with Gasteiger partial charge in [-0.15, -0.1) is 0 Å². The van der Waals surface area contributed by atoms with Crippen LogP contribution >= 0.6 is 11.8 Å². The maximum atomic E-state index is 11.8. The molecule has 2 amide bonds. The summed E-state index contributed by atoms with van der Waals surface area (Å²) in [5.74, 6) is 1.01. The summed E-state index contributed by atoms with van der Waals surface area (Å²) in [5, 5.41) is 3.16. The third-order valence-corrected chi connectivity index (χ3v) is 3.30. The quantitative estimate of drug-likeness (QED) is 0.533. The van der Waals surface area contributed by atoms with Crippen molar-refractivity contribution >= 4 is 23.6 Å². The molecule has 1 atom stereocenters. The SMILES string of the molecule is CCCN1C(=O)CC(NCCCSC)C1=O. The van der Waals surface area contributed by atoms with Crippen molar-refractivity contribution in [3.8, 4) is 0 Å². The highest BCUT2D eigenvalue weighted by Gasteiger charge is 2.37. The van der Waals surface area contributed by atoms with Gasteiger partial charge in [0.05, 0.1) is 12.5 Å². The molecular formula is C11H20N2O2S. The Morgan fingerprint density at radius 1 is 1.50 bits per heavy atom. The summed E-state index contributed by atoms with van der Waals surface area (Å²) >= 11 is 1.79. The van der Waals surface area contributed by atoms with Crippen molar-refractivity contribution in [3.63, 3.8) is 0 Å². The van der Waals surface area contributed by atoms with Crippen molar-refractivity contribution < 1.29 is 9.59 Å². The van der Waals surface area contributed by atoms with Gasteiger partial charge in [-0.3, -0.25) is 14.5 Å². The largest absolute Gasteiger partial charge is 0.305 e. The summed E-state index contributed by atoms with van der Waals surface area (Å²) in [6, 6.07) is -0.277. The van der Waals surface area contributed by atoms with Gasteiger partial charge in [-0.2, -0.15) is 11.8 Å². The second-order valence-electron chi connectivity index (χ2n) is 3.94. The number of carbonyl (C=O) groups is 2. The third kappa shape index (κ3) is 3.49. The molecular weight excluding hydrogens is 224 g/mol. The van der Waals surface area contributed by atoms with Crippen LogP contribution < -0.4 is 5.32 Å². The van der Waals surface area contributed by atoms with Crippen LogP contribution in [0.15, 0.2) is 0 Å². The van der Waals surface area contributed by atoms with E-state index in [-0.39, 0.29) is 17.9 Å². The van der Waals surface area contributed by atoms with E-state index in [1.165, 1.54) is 4.90 Å². The van der Waals surface area contributed by atoms with Crippen LogP contribution in [-0.2, 0) is 9.59 Å². The monoisotopic (exact) mass is 244 g/mol. The van der Waals surface area contributed by atoms with Gasteiger partial charge >= 0.3 is 0 Å². The first-order valence-corrected chi connectivity index (χ1v) is 7.16. The molecule has 0 saturated carbocycles. The topological polar surface area (TPSA) is 49.4 Å². The molecule has 1 aliphatic rings. The van der Waals surface area contributed by atoms with Crippen molar-refractivity contribution in [2.75, 3.05) is 25.1 Å². The molecule has 0 radical (unpaired) electrons. The molecule has 1 saturated heterocycles. The molecule has 16 heavy (non-hydrogen) atoms. The molecule has 1 fully saturated rings. The summed E-state index contributed by atoms with van der Waals surface area (Å²) in [7, 11) is 0. The molecule has 1 rings (SSSR count). The lowest BCUT2D eigenvalue weighted by molar-refractivity contribution is -0.138. The lowest BCUT2D eigenvalue weighted by atomic mass is 10.2. The van der Waals surface area contributed by atoms with Crippen LogP contribution in [0.5, 0.6) is 0 Å². The molecule has 0 aliphatic carbocycles. The molecule has 5 heteroatoms. The fraction of sp³-hybridized carbons (Fsp3) is 0.818. The van der Waals surface area contributed by atoms with E-state index in [2.05, 4.69) is 11.6 Å². The van der Waals surface area contributed by atoms with Crippen LogP contribution in [0.1, 0.15) is 26.2 Å². The highest BCUT2D eigenvalue weighted by Crippen LogP contribution is 2.13. The number of nitrogens with zero attached hydrogens (tertiary/aromatic N) is 1. The second-order valence-corrected chi connectivity index (χ2v) is 4.93. The number of nitrogens with one attached hydrogen (secondary N) is 1. The fourth-order valence-electron chi connectivity index (χ4n) is 1.79. The molecule has 0 spiro atoms. The normalized spacial score (nSPS) is 20.9. The first-order chi connectivity index (χ1) is 7.70. The van der Waals surface area contributed by atoms with E-state index in [1.807, 2.05) is 6.92 Å². The van der Waals surface area contributed by atoms with E-state index in [0.29, 0.717) is 13.0 Å². The Morgan fingerprint density at radius 3 is 2.88 bits per heavy atom. The van der Waals surface area contributed by atoms with Gasteiger partial charge in [0, 0.05) is 6.54 Å². The predicted octanol–water partition coefficient (Wildman–Crippen LogP) is 0.867. The van der Waals surface area contributed by atoms with Crippen molar-refractivity contribution in [2.45, 2.75) is 32.2 Å². The Balaban J connectivity index is 2.34. The van der Waals surface area contributed by atoms with Crippen LogP contribution in [0.4, 0.5) is 0 Å². The minimum atomic E-state index is -0.277. The minimum Gasteiger partial charge on any atom is -0.305 e. The zero-order valence-corrected chi connectivity index (χ0v) is 10.8. The van der Waals surface area contributed by atoms with E-state index in [0.717, 1.165) is 25.1 Å². The number of amides is 2. The zero-order chi connectivity index (χ0) is 12.0. The first kappa shape index (κ1) is 13.5. The molecule has 1 unspecified atom stereocenters. The van der Waals surface area contributed by atoms with Crippen molar-refractivity contribution in [1.29, 1.82) is 0 Å². The maximum Gasteiger partial charge on any atom is 0.246 e. The van der Waals surface area contributed by atoms with Gasteiger partial charge in [0.2, 0.25) is 11.8 Å². The average molecular weight is 244 g/mol. The standard InChI is InChI=1S/C11H20N2O2S/c1-3-6-13-10(14)8-9(11(13)15)12-5-4-7-16-2/h9,12H,3-8H2,1-2H3. The lowest BCUT2D eigenvalue weighted by Gasteiger charge is -2.14. The number of imide groups is 1. The van der Waals surface area contributed by atoms with Gasteiger partial charge in [-0.1, -0.05) is 6.92 Å². The average Bonchev–Trinajstić information content (AvgIpc) is 2.53. The Hall–Kier alpha value is -0.550. The molecule has 4 nitrogen and oxygen atoms in total. The highest BCUT2D eigenvalue weighted by molar-refractivity contribution is 7.98. The van der Waals surface area contributed by atoms with Crippen LogP contribution in [0, 0.1) is 0 Å². The smallest absolute Gasteiger partial charge is 0.246 e. The second kappa shape index (κ2) is 6.91. The van der Waals surface area contributed by atoms with Crippen molar-refractivity contribution in [1.82, 2.24) is 10.2 Å². The molecule has 0 aromatic heterocycles. The summed E-state index contributed by atoms with van der Waals surface area (Å²) in [6.07, 6.45) is 4.26. The Morgan fingerprint density at radius 2 is 2.25 bits per heavy atom. The fourth-order valence-corrected chi connectivity index (χ4v) is 2.23. The minimum absolute atomic E-state index is 0.0331. The summed E-state index contributed by atoms with van der Waals surface area (Å²) < 4.78 is 0. The summed E-state index contributed by atoms with van der Waals surface area (Å²) in [5.41, 5.74) is 0. The number of rotatable bonds is 7. The Bertz CT molecular complexity index is 258. The lowest BCUT2D eigenvalue weighted by Crippen LogP contribution is -2.39. The maximum absolute atomic E-state index is 11.8. The van der Waals surface area contributed by atoms with Gasteiger partial charge in [-0.25, -0.2) is 0 Å². The van der Waals surface area contributed by atoms with Gasteiger partial charge < -0.3 is 5.32 Å². The van der Waals surface area contributed by atoms with Gasteiger partial charge in [0.15, 0.2) is 0 Å². The summed E-state index contributed by atoms with van der Waals surface area (Å²) in [6.45, 7) is 3.34. The third-order valence-electron chi connectivity index (χ3n) is 2.61. The molecule has 0 aromatic rings. The molecule has 0 aromatic carbocycles. The molecule has 0 bridgehead atoms. The van der Waals surface area contributed by atoms with E-state index in [1.54, 1.807) is 11.8 Å². The Kier molecular flexibility index (Phi) is 5.84. The highest BCUT2D eigenvalue weighted by atomic mass is 32.2. The number of hydrogen-bond donors (Lipinski definition) is 1. The van der Waals surface area contributed by atoms with Gasteiger partial charge in [0.25, 0.3) is 0 Å². The number of likely N-dealkylation sites (tertiary alicyclic amines) is 1. The molecule has 1 heterocycles. The van der Waals surface area contributed by atoms with Crippen LogP contribution in [0.2, 0.25) is 0 Å². The molecule has 1 N–H and O–H groups in total. The Labute approximate surface area is 101 Å². The van der Waals surface area contributed by atoms with E-state index in [9.17, 15) is 9.59 Å². The number of thioether (sulfide) groups is 1. The van der Waals surface area contributed by atoms with Gasteiger partial charge in [-0.05, 0) is 31.4 Å². The molecule has 1 aliphatic heterocycles. The van der Waals surface area contributed by atoms with E-state index < -0.39 is 0 Å². The van der Waals surface area contributed by atoms with Crippen LogP contribution in [0.25, 0.3) is 0 Å². The first-order valence-electron chi connectivity index (χ1n) is 5.77. The predicted molar refractivity (Wildman–Crippen MR) is 66.4 cm³/mol. The van der Waals surface area contributed by atoms with Crippen LogP contribution in [-0.4, -0.2) is 47.9 Å². The van der Waals surface area contributed by atoms with Crippen molar-refractivity contribution in [3.05, 3.63) is 0 Å². The number of carbonyl (C=O) groups excluding carboxylic acids is 2.